The highest BCUT2D eigenvalue weighted by molar-refractivity contribution is 8.16. The van der Waals surface area contributed by atoms with Gasteiger partial charge in [-0.2, -0.15) is 18.2 Å². The van der Waals surface area contributed by atoms with Gasteiger partial charge in [0.05, 0.1) is 33.8 Å². The van der Waals surface area contributed by atoms with Crippen LogP contribution in [0.3, 0.4) is 0 Å². The first-order valence-corrected chi connectivity index (χ1v) is 11.1. The van der Waals surface area contributed by atoms with Crippen molar-refractivity contribution in [2.75, 3.05) is 16.4 Å². The Labute approximate surface area is 163 Å². The number of hydrogen-bond donors (Lipinski definition) is 0. The van der Waals surface area contributed by atoms with Crippen LogP contribution in [0.5, 0.6) is 0 Å². The van der Waals surface area contributed by atoms with E-state index in [0.29, 0.717) is 0 Å². The van der Waals surface area contributed by atoms with Gasteiger partial charge in [0.15, 0.2) is 15.0 Å². The van der Waals surface area contributed by atoms with Crippen molar-refractivity contribution in [2.45, 2.75) is 31.3 Å². The molecule has 0 spiro atoms. The number of alkyl halides is 3. The minimum absolute atomic E-state index is 0.00102. The summed E-state index contributed by atoms with van der Waals surface area (Å²) in [5.74, 6) is -1.19. The molecule has 2 atom stereocenters. The molecule has 0 bridgehead atoms. The van der Waals surface area contributed by atoms with E-state index >= 15 is 0 Å². The summed E-state index contributed by atoms with van der Waals surface area (Å²) in [6, 6.07) is 2.21. The maximum atomic E-state index is 13.1. The molecule has 2 saturated heterocycles. The van der Waals surface area contributed by atoms with E-state index < -0.39 is 44.7 Å². The van der Waals surface area contributed by atoms with Gasteiger partial charge in [0.2, 0.25) is 0 Å². The normalized spacial score (nSPS) is 26.0. The van der Waals surface area contributed by atoms with Crippen molar-refractivity contribution in [1.82, 2.24) is 0 Å². The molecule has 0 unspecified atom stereocenters. The number of hydrogen-bond acceptors (Lipinski definition) is 4. The molecule has 2 heterocycles. The molecular formula is C16H16ClF3N2O3S2. The fourth-order valence-electron chi connectivity index (χ4n) is 2.94. The number of nitrogens with zero attached hydrogens (tertiary/aromatic N) is 2. The zero-order valence-electron chi connectivity index (χ0n) is 14.3. The van der Waals surface area contributed by atoms with E-state index in [9.17, 15) is 26.4 Å². The summed E-state index contributed by atoms with van der Waals surface area (Å²) in [6.45, 7) is 3.30. The van der Waals surface area contributed by atoms with Crippen LogP contribution in [-0.2, 0) is 20.8 Å². The zero-order valence-corrected chi connectivity index (χ0v) is 16.7. The van der Waals surface area contributed by atoms with Crippen LogP contribution >= 0.6 is 23.4 Å². The van der Waals surface area contributed by atoms with Crippen LogP contribution in [0.1, 0.15) is 19.4 Å². The van der Waals surface area contributed by atoms with Crippen LogP contribution in [0.2, 0.25) is 5.02 Å². The van der Waals surface area contributed by atoms with Gasteiger partial charge in [-0.15, -0.1) is 0 Å². The van der Waals surface area contributed by atoms with Crippen molar-refractivity contribution < 1.29 is 26.4 Å². The molecule has 0 radical (unpaired) electrons. The summed E-state index contributed by atoms with van der Waals surface area (Å²) in [7, 11) is -3.33. The van der Waals surface area contributed by atoms with Gasteiger partial charge in [-0.05, 0) is 18.2 Å². The number of amidine groups is 1. The molecule has 2 aliphatic rings. The Morgan fingerprint density at radius 1 is 1.33 bits per heavy atom. The molecule has 2 aliphatic heterocycles. The summed E-state index contributed by atoms with van der Waals surface area (Å²) in [5, 5.41) is -0.211. The lowest BCUT2D eigenvalue weighted by Gasteiger charge is -2.26. The van der Waals surface area contributed by atoms with E-state index in [1.807, 2.05) is 0 Å². The predicted molar refractivity (Wildman–Crippen MR) is 100 cm³/mol. The van der Waals surface area contributed by atoms with Gasteiger partial charge in [-0.25, -0.2) is 8.42 Å². The van der Waals surface area contributed by atoms with Gasteiger partial charge < -0.3 is 4.90 Å². The van der Waals surface area contributed by atoms with Gasteiger partial charge in [0, 0.05) is 11.2 Å². The second kappa shape index (κ2) is 6.97. The SMILES string of the molecule is CC(C)C(=O)N=C1S[C@@H]2CS(=O)(=O)C[C@@H]2N1c1cc(C(F)(F)F)ccc1Cl. The van der Waals surface area contributed by atoms with Crippen LogP contribution in [0.4, 0.5) is 18.9 Å². The maximum absolute atomic E-state index is 13.1. The zero-order chi connectivity index (χ0) is 20.1. The summed E-state index contributed by atoms with van der Waals surface area (Å²) in [5.41, 5.74) is -0.912. The Balaban J connectivity index is 2.12. The average Bonchev–Trinajstić information content (AvgIpc) is 2.97. The number of carbonyl (C=O) groups excluding carboxylic acids is 1. The standard InChI is InChI=1S/C16H16ClF3N2O3S2/c1-8(2)14(23)21-15-22(12-6-27(24,25)7-13(12)26-15)11-5-9(16(18,19)20)3-4-10(11)17/h3-5,8,12-13H,6-7H2,1-2H3/t12-,13+/m0/s1. The highest BCUT2D eigenvalue weighted by Crippen LogP contribution is 2.44. The Bertz CT molecular complexity index is 916. The van der Waals surface area contributed by atoms with Crippen LogP contribution in [0.15, 0.2) is 23.2 Å². The number of sulfone groups is 1. The first-order chi connectivity index (χ1) is 12.4. The second-order valence-corrected chi connectivity index (χ2v) is 10.5. The van der Waals surface area contributed by atoms with Crippen molar-refractivity contribution in [3.63, 3.8) is 0 Å². The van der Waals surface area contributed by atoms with Gasteiger partial charge >= 0.3 is 6.18 Å². The van der Waals surface area contributed by atoms with Gasteiger partial charge in [-0.1, -0.05) is 37.2 Å². The third-order valence-electron chi connectivity index (χ3n) is 4.30. The summed E-state index contributed by atoms with van der Waals surface area (Å²) in [6.07, 6.45) is -4.58. The van der Waals surface area contributed by atoms with Crippen molar-refractivity contribution in [2.24, 2.45) is 10.9 Å². The van der Waals surface area contributed by atoms with Crippen LogP contribution in [-0.4, -0.2) is 42.3 Å². The summed E-state index contributed by atoms with van der Waals surface area (Å²) in [4.78, 5) is 17.5. The van der Waals surface area contributed by atoms with Crippen LogP contribution in [0, 0.1) is 5.92 Å². The molecule has 1 aromatic rings. The maximum Gasteiger partial charge on any atom is 0.416 e. The number of amides is 1. The van der Waals surface area contributed by atoms with Gasteiger partial charge in [0.1, 0.15) is 0 Å². The molecule has 1 amide bonds. The van der Waals surface area contributed by atoms with E-state index in [1.165, 1.54) is 4.90 Å². The molecule has 11 heteroatoms. The number of aliphatic imine (C=N–C) groups is 1. The molecule has 0 saturated carbocycles. The predicted octanol–water partition coefficient (Wildman–Crippen LogP) is 3.62. The quantitative estimate of drug-likeness (QED) is 0.702. The topological polar surface area (TPSA) is 66.8 Å². The summed E-state index contributed by atoms with van der Waals surface area (Å²) < 4.78 is 63.5. The molecule has 27 heavy (non-hydrogen) atoms. The number of fused-ring (bicyclic) bond motifs is 1. The monoisotopic (exact) mass is 440 g/mol. The first kappa shape index (κ1) is 20.5. The van der Waals surface area contributed by atoms with E-state index in [2.05, 4.69) is 4.99 Å². The molecule has 5 nitrogen and oxygen atoms in total. The first-order valence-electron chi connectivity index (χ1n) is 8.04. The Hall–Kier alpha value is -1.26. The minimum Gasteiger partial charge on any atom is -0.314 e. The molecule has 148 valence electrons. The van der Waals surface area contributed by atoms with Crippen molar-refractivity contribution in [3.05, 3.63) is 28.8 Å². The minimum atomic E-state index is -4.58. The Morgan fingerprint density at radius 2 is 2.00 bits per heavy atom. The number of halogens is 4. The Morgan fingerprint density at radius 3 is 2.59 bits per heavy atom. The highest BCUT2D eigenvalue weighted by Gasteiger charge is 2.50. The average molecular weight is 441 g/mol. The smallest absolute Gasteiger partial charge is 0.314 e. The lowest BCUT2D eigenvalue weighted by atomic mass is 10.1. The van der Waals surface area contributed by atoms with E-state index in [1.54, 1.807) is 13.8 Å². The van der Waals surface area contributed by atoms with Crippen LogP contribution < -0.4 is 4.90 Å². The molecule has 0 aromatic heterocycles. The third-order valence-corrected chi connectivity index (χ3v) is 7.83. The van der Waals surface area contributed by atoms with Gasteiger partial charge in [0.25, 0.3) is 5.91 Å². The van der Waals surface area contributed by atoms with Gasteiger partial charge in [-0.3, -0.25) is 4.79 Å². The van der Waals surface area contributed by atoms with Crippen molar-refractivity contribution >= 4 is 50.0 Å². The van der Waals surface area contributed by atoms with Crippen molar-refractivity contribution in [3.8, 4) is 0 Å². The fraction of sp³-hybridized carbons (Fsp3) is 0.500. The number of rotatable bonds is 2. The number of anilines is 1. The molecule has 0 aliphatic carbocycles. The molecular weight excluding hydrogens is 425 g/mol. The second-order valence-electron chi connectivity index (χ2n) is 6.72. The van der Waals surface area contributed by atoms with Crippen LogP contribution in [0.25, 0.3) is 0 Å². The lowest BCUT2D eigenvalue weighted by Crippen LogP contribution is -2.38. The highest BCUT2D eigenvalue weighted by atomic mass is 35.5. The van der Waals surface area contributed by atoms with E-state index in [-0.39, 0.29) is 27.4 Å². The number of carbonyl (C=O) groups is 1. The fourth-order valence-corrected chi connectivity index (χ4v) is 7.06. The lowest BCUT2D eigenvalue weighted by molar-refractivity contribution is -0.137. The van der Waals surface area contributed by atoms with E-state index in [0.717, 1.165) is 30.0 Å². The third kappa shape index (κ3) is 4.12. The Kier molecular flexibility index (Phi) is 5.28. The molecule has 1 aromatic carbocycles. The number of benzene rings is 1. The molecule has 2 fully saturated rings. The molecule has 0 N–H and O–H groups in total. The summed E-state index contributed by atoms with van der Waals surface area (Å²) >= 11 is 7.23. The number of thioether (sulfide) groups is 1. The molecule has 3 rings (SSSR count). The largest absolute Gasteiger partial charge is 0.416 e. The van der Waals surface area contributed by atoms with E-state index in [4.69, 9.17) is 11.6 Å². The van der Waals surface area contributed by atoms with Crippen molar-refractivity contribution in [1.29, 1.82) is 0 Å².